The zero-order valence-corrected chi connectivity index (χ0v) is 14.6. The topological polar surface area (TPSA) is 56.2 Å². The zero-order valence-electron chi connectivity index (χ0n) is 14.6. The third-order valence-electron chi connectivity index (χ3n) is 3.75. The Bertz CT molecular complexity index is 982. The second-order valence-electron chi connectivity index (χ2n) is 5.96. The maximum absolute atomic E-state index is 13.0. The molecule has 1 heterocycles. The van der Waals surface area contributed by atoms with Crippen LogP contribution in [0.25, 0.3) is 0 Å². The van der Waals surface area contributed by atoms with Gasteiger partial charge in [0.1, 0.15) is 18.2 Å². The van der Waals surface area contributed by atoms with Gasteiger partial charge in [-0.15, -0.1) is 0 Å². The molecule has 3 rings (SSSR count). The predicted molar refractivity (Wildman–Crippen MR) is 93.3 cm³/mol. The molecule has 9 heteroatoms. The van der Waals surface area contributed by atoms with Crippen molar-refractivity contribution in [3.8, 4) is 5.75 Å². The average Bonchev–Trinajstić information content (AvgIpc) is 3.04. The van der Waals surface area contributed by atoms with Gasteiger partial charge in [0.15, 0.2) is 5.69 Å². The molecule has 0 bridgehead atoms. The van der Waals surface area contributed by atoms with Crippen LogP contribution in [0.3, 0.4) is 0 Å². The summed E-state index contributed by atoms with van der Waals surface area (Å²) in [4.78, 5) is 12.3. The van der Waals surface area contributed by atoms with Crippen LogP contribution in [0.4, 0.5) is 23.2 Å². The van der Waals surface area contributed by atoms with E-state index in [9.17, 15) is 22.4 Å². The fraction of sp³-hybridized carbons (Fsp3) is 0.158. The van der Waals surface area contributed by atoms with E-state index in [1.807, 2.05) is 0 Å². The van der Waals surface area contributed by atoms with Gasteiger partial charge in [-0.1, -0.05) is 18.2 Å². The van der Waals surface area contributed by atoms with Crippen molar-refractivity contribution in [1.29, 1.82) is 0 Å². The van der Waals surface area contributed by atoms with Crippen LogP contribution in [0.5, 0.6) is 5.75 Å². The van der Waals surface area contributed by atoms with E-state index in [1.54, 1.807) is 24.3 Å². The monoisotopic (exact) mass is 393 g/mol. The van der Waals surface area contributed by atoms with Gasteiger partial charge in [0.25, 0.3) is 5.91 Å². The summed E-state index contributed by atoms with van der Waals surface area (Å²) in [6.45, 7) is 0.165. The molecular formula is C19H15F4N3O2. The number of benzene rings is 2. The average molecular weight is 393 g/mol. The molecule has 0 unspecified atom stereocenters. The van der Waals surface area contributed by atoms with Gasteiger partial charge in [-0.05, 0) is 29.8 Å². The molecule has 0 saturated carbocycles. The van der Waals surface area contributed by atoms with E-state index >= 15 is 0 Å². The Hall–Kier alpha value is -3.36. The predicted octanol–water partition coefficient (Wildman–Crippen LogP) is 4.41. The highest BCUT2D eigenvalue weighted by molar-refractivity contribution is 6.05. The molecule has 0 saturated heterocycles. The fourth-order valence-corrected chi connectivity index (χ4v) is 2.47. The maximum atomic E-state index is 13.0. The Morgan fingerprint density at radius 1 is 1.18 bits per heavy atom. The summed E-state index contributed by atoms with van der Waals surface area (Å²) in [5.74, 6) is -0.900. The van der Waals surface area contributed by atoms with Crippen molar-refractivity contribution < 1.29 is 27.1 Å². The van der Waals surface area contributed by atoms with Crippen LogP contribution < -0.4 is 10.1 Å². The number of carbonyl (C=O) groups excluding carboxylic acids is 1. The fourth-order valence-electron chi connectivity index (χ4n) is 2.47. The number of halogens is 4. The molecule has 1 amide bonds. The van der Waals surface area contributed by atoms with Crippen LogP contribution in [0.2, 0.25) is 0 Å². The van der Waals surface area contributed by atoms with E-state index in [4.69, 9.17) is 4.74 Å². The number of nitrogens with one attached hydrogen (secondary N) is 1. The summed E-state index contributed by atoms with van der Waals surface area (Å²) in [6.07, 6.45) is -3.74. The number of rotatable bonds is 5. The van der Waals surface area contributed by atoms with E-state index in [2.05, 4.69) is 10.4 Å². The Kier molecular flexibility index (Phi) is 5.34. The highest BCUT2D eigenvalue weighted by atomic mass is 19.4. The van der Waals surface area contributed by atoms with Crippen LogP contribution in [-0.2, 0) is 19.8 Å². The van der Waals surface area contributed by atoms with Gasteiger partial charge in [0.2, 0.25) is 0 Å². The quantitative estimate of drug-likeness (QED) is 0.654. The molecule has 146 valence electrons. The summed E-state index contributed by atoms with van der Waals surface area (Å²) in [7, 11) is 1.30. The molecule has 1 N–H and O–H groups in total. The molecule has 2 aromatic carbocycles. The molecule has 28 heavy (non-hydrogen) atoms. The number of aryl methyl sites for hydroxylation is 1. The first-order chi connectivity index (χ1) is 13.2. The number of ether oxygens (including phenoxy) is 1. The summed E-state index contributed by atoms with van der Waals surface area (Å²) in [5.41, 5.74) is -0.830. The number of nitrogens with zero attached hydrogens (tertiary/aromatic N) is 2. The Labute approximate surface area is 157 Å². The second kappa shape index (κ2) is 7.71. The molecule has 0 spiro atoms. The standard InChI is InChI=1S/C19H15F4N3O2/c1-26-10-16(17(25-26)19(21,22)23)18(27)24-14-3-2-4-15(9-14)28-11-12-5-7-13(20)8-6-12/h2-10H,11H2,1H3,(H,24,27). The van der Waals surface area contributed by atoms with E-state index in [0.717, 1.165) is 16.4 Å². The van der Waals surface area contributed by atoms with E-state index in [-0.39, 0.29) is 18.1 Å². The van der Waals surface area contributed by atoms with Crippen molar-refractivity contribution in [1.82, 2.24) is 9.78 Å². The molecule has 3 aromatic rings. The smallest absolute Gasteiger partial charge is 0.435 e. The maximum Gasteiger partial charge on any atom is 0.435 e. The van der Waals surface area contributed by atoms with Gasteiger partial charge < -0.3 is 10.1 Å². The summed E-state index contributed by atoms with van der Waals surface area (Å²) >= 11 is 0. The van der Waals surface area contributed by atoms with Crippen LogP contribution >= 0.6 is 0 Å². The largest absolute Gasteiger partial charge is 0.489 e. The van der Waals surface area contributed by atoms with Crippen molar-refractivity contribution in [2.75, 3.05) is 5.32 Å². The van der Waals surface area contributed by atoms with Crippen LogP contribution in [0, 0.1) is 5.82 Å². The summed E-state index contributed by atoms with van der Waals surface area (Å²) in [5, 5.41) is 5.72. The highest BCUT2D eigenvalue weighted by Gasteiger charge is 2.39. The number of carbonyl (C=O) groups is 1. The molecule has 5 nitrogen and oxygen atoms in total. The van der Waals surface area contributed by atoms with Crippen LogP contribution in [0.15, 0.2) is 54.7 Å². The molecule has 0 radical (unpaired) electrons. The van der Waals surface area contributed by atoms with Gasteiger partial charge >= 0.3 is 6.18 Å². The minimum absolute atomic E-state index is 0.165. The van der Waals surface area contributed by atoms with Crippen molar-refractivity contribution in [2.24, 2.45) is 7.05 Å². The summed E-state index contributed by atoms with van der Waals surface area (Å²) < 4.78 is 58.4. The van der Waals surface area contributed by atoms with Gasteiger partial charge in [-0.25, -0.2) is 4.39 Å². The van der Waals surface area contributed by atoms with Crippen molar-refractivity contribution >= 4 is 11.6 Å². The number of amides is 1. The van der Waals surface area contributed by atoms with E-state index < -0.39 is 23.3 Å². The minimum Gasteiger partial charge on any atom is -0.489 e. The van der Waals surface area contributed by atoms with Crippen molar-refractivity contribution in [3.63, 3.8) is 0 Å². The third kappa shape index (κ3) is 4.67. The minimum atomic E-state index is -4.74. The molecule has 0 aliphatic carbocycles. The number of hydrogen-bond donors (Lipinski definition) is 1. The lowest BCUT2D eigenvalue weighted by Crippen LogP contribution is -2.17. The Balaban J connectivity index is 1.71. The Morgan fingerprint density at radius 3 is 2.57 bits per heavy atom. The van der Waals surface area contributed by atoms with Gasteiger partial charge in [0, 0.05) is 25.0 Å². The summed E-state index contributed by atoms with van der Waals surface area (Å²) in [6, 6.07) is 12.0. The lowest BCUT2D eigenvalue weighted by atomic mass is 10.2. The number of aromatic nitrogens is 2. The van der Waals surface area contributed by atoms with Gasteiger partial charge in [-0.3, -0.25) is 9.48 Å². The normalized spacial score (nSPS) is 11.3. The highest BCUT2D eigenvalue weighted by Crippen LogP contribution is 2.31. The molecule has 1 aromatic heterocycles. The first-order valence-electron chi connectivity index (χ1n) is 8.12. The van der Waals surface area contributed by atoms with E-state index in [1.165, 1.54) is 31.3 Å². The second-order valence-corrected chi connectivity index (χ2v) is 5.96. The number of alkyl halides is 3. The lowest BCUT2D eigenvalue weighted by molar-refractivity contribution is -0.141. The molecule has 0 aliphatic heterocycles. The van der Waals surface area contributed by atoms with Gasteiger partial charge in [-0.2, -0.15) is 18.3 Å². The Morgan fingerprint density at radius 2 is 1.89 bits per heavy atom. The van der Waals surface area contributed by atoms with Gasteiger partial charge in [0.05, 0.1) is 5.56 Å². The van der Waals surface area contributed by atoms with Crippen molar-refractivity contribution in [3.05, 3.63) is 77.4 Å². The molecule has 0 atom stereocenters. The van der Waals surface area contributed by atoms with Crippen molar-refractivity contribution in [2.45, 2.75) is 12.8 Å². The van der Waals surface area contributed by atoms with E-state index in [0.29, 0.717) is 5.75 Å². The first-order valence-corrected chi connectivity index (χ1v) is 8.12. The molecule has 0 aliphatic rings. The van der Waals surface area contributed by atoms with Crippen LogP contribution in [-0.4, -0.2) is 15.7 Å². The number of hydrogen-bond acceptors (Lipinski definition) is 3. The third-order valence-corrected chi connectivity index (χ3v) is 3.75. The number of anilines is 1. The zero-order chi connectivity index (χ0) is 20.3. The SMILES string of the molecule is Cn1cc(C(=O)Nc2cccc(OCc3ccc(F)cc3)c2)c(C(F)(F)F)n1. The first kappa shape index (κ1) is 19.4. The molecular weight excluding hydrogens is 378 g/mol. The molecule has 0 fully saturated rings. The van der Waals surface area contributed by atoms with Crippen LogP contribution in [0.1, 0.15) is 21.6 Å². The lowest BCUT2D eigenvalue weighted by Gasteiger charge is -2.10.